The second-order valence-electron chi connectivity index (χ2n) is 6.13. The molecule has 3 nitrogen and oxygen atoms in total. The van der Waals surface area contributed by atoms with Crippen molar-refractivity contribution in [2.24, 2.45) is 10.9 Å². The standard InChI is InChI=1S/C24H23N3/c1-3-21-14-10-11-17-23(21)19(2)27(18-20-12-6-4-7-13-20)24(26-25)22-15-8-5-9-16-22/h3-17H,1-2,18,25H2/b26-24-. The fraction of sp³-hybridized carbons (Fsp3) is 0.0417. The molecule has 0 aliphatic rings. The van der Waals surface area contributed by atoms with E-state index < -0.39 is 0 Å². The zero-order chi connectivity index (χ0) is 19.1. The third-order valence-corrected chi connectivity index (χ3v) is 4.41. The molecule has 0 bridgehead atoms. The third-order valence-electron chi connectivity index (χ3n) is 4.41. The van der Waals surface area contributed by atoms with Gasteiger partial charge in [0.2, 0.25) is 0 Å². The Bertz CT molecular complexity index is 944. The van der Waals surface area contributed by atoms with Crippen molar-refractivity contribution in [2.75, 3.05) is 0 Å². The predicted octanol–water partition coefficient (Wildman–Crippen LogP) is 5.12. The molecule has 0 aliphatic carbocycles. The van der Waals surface area contributed by atoms with Crippen molar-refractivity contribution in [3.8, 4) is 0 Å². The number of nitrogens with two attached hydrogens (primary N) is 1. The summed E-state index contributed by atoms with van der Waals surface area (Å²) < 4.78 is 0. The van der Waals surface area contributed by atoms with Crippen LogP contribution < -0.4 is 5.84 Å². The molecular weight excluding hydrogens is 330 g/mol. The number of rotatable bonds is 6. The molecule has 27 heavy (non-hydrogen) atoms. The van der Waals surface area contributed by atoms with Crippen LogP contribution in [0.3, 0.4) is 0 Å². The zero-order valence-electron chi connectivity index (χ0n) is 15.3. The molecule has 134 valence electrons. The second-order valence-corrected chi connectivity index (χ2v) is 6.13. The highest BCUT2D eigenvalue weighted by Crippen LogP contribution is 2.26. The molecular formula is C24H23N3. The summed E-state index contributed by atoms with van der Waals surface area (Å²) in [4.78, 5) is 2.05. The number of benzene rings is 3. The van der Waals surface area contributed by atoms with Crippen LogP contribution in [0.5, 0.6) is 0 Å². The molecule has 0 radical (unpaired) electrons. The van der Waals surface area contributed by atoms with E-state index in [1.54, 1.807) is 0 Å². The molecule has 0 fully saturated rings. The van der Waals surface area contributed by atoms with Crippen LogP contribution in [0, 0.1) is 0 Å². The van der Waals surface area contributed by atoms with Gasteiger partial charge >= 0.3 is 0 Å². The summed E-state index contributed by atoms with van der Waals surface area (Å²) in [6.07, 6.45) is 1.84. The molecule has 3 rings (SSSR count). The molecule has 3 heteroatoms. The monoisotopic (exact) mass is 353 g/mol. The molecule has 2 N–H and O–H groups in total. The Balaban J connectivity index is 2.06. The van der Waals surface area contributed by atoms with Crippen molar-refractivity contribution in [3.63, 3.8) is 0 Å². The lowest BCUT2D eigenvalue weighted by atomic mass is 10.0. The first kappa shape index (κ1) is 18.2. The maximum Gasteiger partial charge on any atom is 0.160 e. The van der Waals surface area contributed by atoms with Crippen molar-refractivity contribution >= 4 is 17.6 Å². The van der Waals surface area contributed by atoms with Gasteiger partial charge in [-0.05, 0) is 11.1 Å². The van der Waals surface area contributed by atoms with Crippen LogP contribution in [-0.4, -0.2) is 10.7 Å². The quantitative estimate of drug-likeness (QED) is 0.289. The topological polar surface area (TPSA) is 41.6 Å². The fourth-order valence-corrected chi connectivity index (χ4v) is 3.03. The Kier molecular flexibility index (Phi) is 5.85. The van der Waals surface area contributed by atoms with E-state index in [9.17, 15) is 0 Å². The van der Waals surface area contributed by atoms with Crippen molar-refractivity contribution in [1.29, 1.82) is 0 Å². The smallest absolute Gasteiger partial charge is 0.160 e. The summed E-state index contributed by atoms with van der Waals surface area (Å²) >= 11 is 0. The summed E-state index contributed by atoms with van der Waals surface area (Å²) in [6.45, 7) is 8.90. The molecule has 0 spiro atoms. The molecule has 3 aromatic rings. The SMILES string of the molecule is C=Cc1ccccc1C(=C)N(Cc1ccccc1)/C(=N\N)c1ccccc1. The second kappa shape index (κ2) is 8.68. The summed E-state index contributed by atoms with van der Waals surface area (Å²) in [5.74, 6) is 6.50. The van der Waals surface area contributed by atoms with Gasteiger partial charge in [0.25, 0.3) is 0 Å². The molecule has 0 saturated carbocycles. The third kappa shape index (κ3) is 4.15. The zero-order valence-corrected chi connectivity index (χ0v) is 15.3. The Morgan fingerprint density at radius 3 is 2.11 bits per heavy atom. The van der Waals surface area contributed by atoms with Crippen LogP contribution >= 0.6 is 0 Å². The first-order chi connectivity index (χ1) is 13.2. The maximum absolute atomic E-state index is 5.83. The Morgan fingerprint density at radius 1 is 0.889 bits per heavy atom. The fourth-order valence-electron chi connectivity index (χ4n) is 3.03. The molecule has 0 aliphatic heterocycles. The molecule has 0 aromatic heterocycles. The van der Waals surface area contributed by atoms with Crippen LogP contribution in [0.25, 0.3) is 11.8 Å². The minimum Gasteiger partial charge on any atom is -0.321 e. The number of hydrogen-bond donors (Lipinski definition) is 1. The average molecular weight is 353 g/mol. The first-order valence-corrected chi connectivity index (χ1v) is 8.80. The van der Waals surface area contributed by atoms with E-state index in [0.29, 0.717) is 12.4 Å². The maximum atomic E-state index is 5.83. The van der Waals surface area contributed by atoms with Crippen LogP contribution in [-0.2, 0) is 6.54 Å². The van der Waals surface area contributed by atoms with E-state index in [-0.39, 0.29) is 0 Å². The van der Waals surface area contributed by atoms with Gasteiger partial charge in [-0.3, -0.25) is 0 Å². The van der Waals surface area contributed by atoms with Gasteiger partial charge in [0.15, 0.2) is 5.84 Å². The summed E-state index contributed by atoms with van der Waals surface area (Å²) in [5, 5.41) is 4.11. The van der Waals surface area contributed by atoms with E-state index in [1.165, 1.54) is 0 Å². The highest BCUT2D eigenvalue weighted by Gasteiger charge is 2.19. The Hall–Kier alpha value is -3.59. The molecule has 0 saturated heterocycles. The van der Waals surface area contributed by atoms with Crippen LogP contribution in [0.2, 0.25) is 0 Å². The van der Waals surface area contributed by atoms with E-state index in [4.69, 9.17) is 5.84 Å². The normalized spacial score (nSPS) is 11.0. The van der Waals surface area contributed by atoms with Crippen molar-refractivity contribution in [3.05, 3.63) is 120 Å². The minimum atomic E-state index is 0.607. The Labute approximate surface area is 160 Å². The summed E-state index contributed by atoms with van der Waals surface area (Å²) in [5.41, 5.74) is 4.92. The van der Waals surface area contributed by atoms with Gasteiger partial charge in [-0.15, -0.1) is 0 Å². The lowest BCUT2D eigenvalue weighted by molar-refractivity contribution is 0.576. The van der Waals surface area contributed by atoms with Crippen molar-refractivity contribution < 1.29 is 0 Å². The minimum absolute atomic E-state index is 0.607. The number of amidine groups is 1. The highest BCUT2D eigenvalue weighted by atomic mass is 15.3. The van der Waals surface area contributed by atoms with Gasteiger partial charge in [0, 0.05) is 23.4 Å². The van der Waals surface area contributed by atoms with Gasteiger partial charge in [-0.25, -0.2) is 0 Å². The summed E-state index contributed by atoms with van der Waals surface area (Å²) in [7, 11) is 0. The van der Waals surface area contributed by atoms with Gasteiger partial charge in [0.05, 0.1) is 0 Å². The largest absolute Gasteiger partial charge is 0.321 e. The number of hydrogen-bond acceptors (Lipinski definition) is 2. The van der Waals surface area contributed by atoms with E-state index in [0.717, 1.165) is 28.0 Å². The van der Waals surface area contributed by atoms with E-state index in [1.807, 2.05) is 83.8 Å². The highest BCUT2D eigenvalue weighted by molar-refractivity contribution is 6.03. The van der Waals surface area contributed by atoms with Crippen LogP contribution in [0.15, 0.2) is 103 Å². The average Bonchev–Trinajstić information content (AvgIpc) is 2.74. The lowest BCUT2D eigenvalue weighted by Crippen LogP contribution is -2.31. The molecule has 0 heterocycles. The van der Waals surface area contributed by atoms with Gasteiger partial charge < -0.3 is 10.7 Å². The predicted molar refractivity (Wildman–Crippen MR) is 115 cm³/mol. The number of nitrogens with zero attached hydrogens (tertiary/aromatic N) is 2. The first-order valence-electron chi connectivity index (χ1n) is 8.80. The van der Waals surface area contributed by atoms with Crippen molar-refractivity contribution in [2.45, 2.75) is 6.54 Å². The molecule has 3 aromatic carbocycles. The summed E-state index contributed by atoms with van der Waals surface area (Å²) in [6, 6.07) is 28.2. The van der Waals surface area contributed by atoms with E-state index in [2.05, 4.69) is 30.4 Å². The lowest BCUT2D eigenvalue weighted by Gasteiger charge is -2.29. The van der Waals surface area contributed by atoms with Gasteiger partial charge in [0.1, 0.15) is 0 Å². The van der Waals surface area contributed by atoms with Crippen LogP contribution in [0.1, 0.15) is 22.3 Å². The molecule has 0 unspecified atom stereocenters. The van der Waals surface area contributed by atoms with Gasteiger partial charge in [-0.2, -0.15) is 5.10 Å². The number of hydrazone groups is 1. The Morgan fingerprint density at radius 2 is 1.48 bits per heavy atom. The van der Waals surface area contributed by atoms with Crippen molar-refractivity contribution in [1.82, 2.24) is 4.90 Å². The van der Waals surface area contributed by atoms with Crippen LogP contribution in [0.4, 0.5) is 0 Å². The van der Waals surface area contributed by atoms with Gasteiger partial charge in [-0.1, -0.05) is 104 Å². The molecule has 0 atom stereocenters. The molecule has 0 amide bonds. The van der Waals surface area contributed by atoms with E-state index >= 15 is 0 Å².